The van der Waals surface area contributed by atoms with Crippen molar-refractivity contribution in [3.63, 3.8) is 0 Å². The maximum Gasteiger partial charge on any atom is 0.270 e. The number of H-pyrrole nitrogens is 1. The summed E-state index contributed by atoms with van der Waals surface area (Å²) in [6.07, 6.45) is 3.28. The Balaban J connectivity index is 1.50. The number of hydrogen-bond acceptors (Lipinski definition) is 4. The van der Waals surface area contributed by atoms with Crippen LogP contribution in [0.15, 0.2) is 52.0 Å². The fourth-order valence-corrected chi connectivity index (χ4v) is 5.27. The number of carbonyl (C=O) groups excluding carboxylic acids is 1. The Bertz CT molecular complexity index is 1070. The molecule has 1 saturated heterocycles. The first-order chi connectivity index (χ1) is 13.7. The summed E-state index contributed by atoms with van der Waals surface area (Å²) in [5.74, 6) is -0.0746. The molecule has 6 heteroatoms. The van der Waals surface area contributed by atoms with Gasteiger partial charge in [-0.15, -0.1) is 0 Å². The second kappa shape index (κ2) is 6.87. The smallest absolute Gasteiger partial charge is 0.270 e. The van der Waals surface area contributed by atoms with Crippen LogP contribution in [0.5, 0.6) is 0 Å². The first-order valence-electron chi connectivity index (χ1n) is 9.81. The van der Waals surface area contributed by atoms with E-state index in [-0.39, 0.29) is 22.9 Å². The van der Waals surface area contributed by atoms with E-state index in [1.807, 2.05) is 34.5 Å². The fourth-order valence-electron chi connectivity index (χ4n) is 4.61. The molecule has 1 aromatic carbocycles. The summed E-state index contributed by atoms with van der Waals surface area (Å²) >= 11 is 1.65. The lowest BCUT2D eigenvalue weighted by molar-refractivity contribution is 0.0686. The molecule has 3 aromatic rings. The fraction of sp³-hybridized carbons (Fsp3) is 0.364. The van der Waals surface area contributed by atoms with E-state index in [9.17, 15) is 9.59 Å². The molecule has 5 nitrogen and oxygen atoms in total. The van der Waals surface area contributed by atoms with Gasteiger partial charge < -0.3 is 15.2 Å². The first-order valence-corrected chi connectivity index (χ1v) is 10.8. The molecule has 1 unspecified atom stereocenters. The monoisotopic (exact) mass is 393 g/mol. The molecule has 2 aromatic heterocycles. The maximum atomic E-state index is 13.5. The number of carbonyl (C=O) groups is 1. The number of fused-ring (bicyclic) bond motifs is 1. The summed E-state index contributed by atoms with van der Waals surface area (Å²) in [6.45, 7) is 2.63. The molecule has 28 heavy (non-hydrogen) atoms. The molecule has 0 bridgehead atoms. The molecule has 1 amide bonds. The summed E-state index contributed by atoms with van der Waals surface area (Å²) in [4.78, 5) is 30.8. The van der Waals surface area contributed by atoms with Crippen molar-refractivity contribution < 1.29 is 4.79 Å². The Labute approximate surface area is 167 Å². The van der Waals surface area contributed by atoms with Crippen LogP contribution in [0.25, 0.3) is 10.8 Å². The molecule has 144 valence electrons. The van der Waals surface area contributed by atoms with E-state index in [1.165, 1.54) is 0 Å². The SMILES string of the molecule is O=C(c1cc2ccccc2c(=O)[nH]1)N(Cc1ccsc1)C1CC12CCNCC2. The molecule has 2 N–H and O–H groups in total. The summed E-state index contributed by atoms with van der Waals surface area (Å²) in [5.41, 5.74) is 1.57. The summed E-state index contributed by atoms with van der Waals surface area (Å²) < 4.78 is 0. The van der Waals surface area contributed by atoms with Gasteiger partial charge in [-0.1, -0.05) is 18.2 Å². The van der Waals surface area contributed by atoms with Gasteiger partial charge in [-0.2, -0.15) is 11.3 Å². The van der Waals surface area contributed by atoms with Crippen LogP contribution in [0.4, 0.5) is 0 Å². The number of aromatic amines is 1. The highest BCUT2D eigenvalue weighted by Crippen LogP contribution is 2.56. The topological polar surface area (TPSA) is 65.2 Å². The second-order valence-electron chi connectivity index (χ2n) is 8.00. The average Bonchev–Trinajstić information content (AvgIpc) is 3.14. The molecular formula is C22H23N3O2S. The van der Waals surface area contributed by atoms with Crippen molar-refractivity contribution in [2.24, 2.45) is 5.41 Å². The minimum atomic E-state index is -0.204. The summed E-state index contributed by atoms with van der Waals surface area (Å²) in [7, 11) is 0. The molecule has 2 fully saturated rings. The third-order valence-electron chi connectivity index (χ3n) is 6.30. The Morgan fingerprint density at radius 3 is 2.82 bits per heavy atom. The lowest BCUT2D eigenvalue weighted by atomic mass is 9.93. The molecule has 3 heterocycles. The Morgan fingerprint density at radius 1 is 1.21 bits per heavy atom. The number of nitrogens with zero attached hydrogens (tertiary/aromatic N) is 1. The van der Waals surface area contributed by atoms with Gasteiger partial charge in [0.05, 0.1) is 0 Å². The first kappa shape index (κ1) is 17.6. The number of amides is 1. The molecule has 1 aliphatic carbocycles. The molecule has 2 aliphatic rings. The van der Waals surface area contributed by atoms with E-state index in [4.69, 9.17) is 0 Å². The number of hydrogen-bond donors (Lipinski definition) is 2. The van der Waals surface area contributed by atoms with Gasteiger partial charge in [0.25, 0.3) is 11.5 Å². The van der Waals surface area contributed by atoms with E-state index in [1.54, 1.807) is 17.4 Å². The number of piperidine rings is 1. The molecule has 1 saturated carbocycles. The molecule has 1 aliphatic heterocycles. The summed E-state index contributed by atoms with van der Waals surface area (Å²) in [5, 5.41) is 8.99. The number of rotatable bonds is 4. The minimum absolute atomic E-state index is 0.0746. The van der Waals surface area contributed by atoms with Gasteiger partial charge in [0.1, 0.15) is 5.69 Å². The van der Waals surface area contributed by atoms with Gasteiger partial charge in [0, 0.05) is 18.0 Å². The zero-order chi connectivity index (χ0) is 19.1. The molecule has 1 atom stereocenters. The van der Waals surface area contributed by atoms with Crippen molar-refractivity contribution >= 4 is 28.0 Å². The van der Waals surface area contributed by atoms with Crippen LogP contribution in [0.1, 0.15) is 35.3 Å². The van der Waals surface area contributed by atoms with E-state index >= 15 is 0 Å². The minimum Gasteiger partial charge on any atom is -0.329 e. The van der Waals surface area contributed by atoms with Crippen molar-refractivity contribution in [2.75, 3.05) is 13.1 Å². The predicted molar refractivity (Wildman–Crippen MR) is 112 cm³/mol. The van der Waals surface area contributed by atoms with Gasteiger partial charge in [-0.3, -0.25) is 9.59 Å². The Kier molecular flexibility index (Phi) is 4.33. The van der Waals surface area contributed by atoms with Crippen LogP contribution >= 0.6 is 11.3 Å². The average molecular weight is 394 g/mol. The molecule has 0 radical (unpaired) electrons. The van der Waals surface area contributed by atoms with Crippen molar-refractivity contribution in [1.29, 1.82) is 0 Å². The van der Waals surface area contributed by atoms with Gasteiger partial charge in [-0.25, -0.2) is 0 Å². The van der Waals surface area contributed by atoms with Crippen molar-refractivity contribution in [1.82, 2.24) is 15.2 Å². The largest absolute Gasteiger partial charge is 0.329 e. The van der Waals surface area contributed by atoms with Crippen LogP contribution in [0, 0.1) is 5.41 Å². The zero-order valence-corrected chi connectivity index (χ0v) is 16.4. The van der Waals surface area contributed by atoms with Crippen molar-refractivity contribution in [2.45, 2.75) is 31.8 Å². The van der Waals surface area contributed by atoms with E-state index < -0.39 is 0 Å². The molecular weight excluding hydrogens is 370 g/mol. The molecule has 1 spiro atoms. The van der Waals surface area contributed by atoms with E-state index in [0.29, 0.717) is 17.6 Å². The van der Waals surface area contributed by atoms with Gasteiger partial charge in [0.2, 0.25) is 0 Å². The quantitative estimate of drug-likeness (QED) is 0.714. The normalized spacial score (nSPS) is 20.4. The van der Waals surface area contributed by atoms with E-state index in [0.717, 1.165) is 43.3 Å². The number of thiophene rings is 1. The van der Waals surface area contributed by atoms with Crippen LogP contribution in [-0.2, 0) is 6.54 Å². The van der Waals surface area contributed by atoms with Crippen LogP contribution in [-0.4, -0.2) is 34.9 Å². The standard InChI is InChI=1S/C22H23N3O2S/c26-20-17-4-2-1-3-16(17)11-18(24-20)21(27)25(13-15-5-10-28-14-15)19-12-22(19)6-8-23-9-7-22/h1-5,10-11,14,19,23H,6-9,12-13H2,(H,24,26). The third-order valence-corrected chi connectivity index (χ3v) is 7.03. The highest BCUT2D eigenvalue weighted by Gasteiger charge is 2.57. The summed E-state index contributed by atoms with van der Waals surface area (Å²) in [6, 6.07) is 11.5. The predicted octanol–water partition coefficient (Wildman–Crippen LogP) is 3.37. The number of nitrogens with one attached hydrogen (secondary N) is 2. The lowest BCUT2D eigenvalue weighted by Gasteiger charge is -2.29. The van der Waals surface area contributed by atoms with Crippen molar-refractivity contribution in [3.05, 3.63) is 68.8 Å². The number of benzene rings is 1. The Morgan fingerprint density at radius 2 is 2.04 bits per heavy atom. The van der Waals surface area contributed by atoms with E-state index in [2.05, 4.69) is 21.7 Å². The van der Waals surface area contributed by atoms with Crippen LogP contribution in [0.3, 0.4) is 0 Å². The Hall–Kier alpha value is -2.44. The lowest BCUT2D eigenvalue weighted by Crippen LogP contribution is -2.39. The van der Waals surface area contributed by atoms with Crippen LogP contribution in [0.2, 0.25) is 0 Å². The third kappa shape index (κ3) is 3.06. The second-order valence-corrected chi connectivity index (χ2v) is 8.78. The van der Waals surface area contributed by atoms with Gasteiger partial charge in [0.15, 0.2) is 0 Å². The van der Waals surface area contributed by atoms with Crippen LogP contribution < -0.4 is 10.9 Å². The highest BCUT2D eigenvalue weighted by molar-refractivity contribution is 7.07. The zero-order valence-electron chi connectivity index (χ0n) is 15.6. The number of aromatic nitrogens is 1. The maximum absolute atomic E-state index is 13.5. The highest BCUT2D eigenvalue weighted by atomic mass is 32.1. The number of pyridine rings is 1. The molecule has 5 rings (SSSR count). The van der Waals surface area contributed by atoms with Crippen molar-refractivity contribution in [3.8, 4) is 0 Å². The van der Waals surface area contributed by atoms with Gasteiger partial charge >= 0.3 is 0 Å². The van der Waals surface area contributed by atoms with Gasteiger partial charge in [-0.05, 0) is 77.7 Å².